The van der Waals surface area contributed by atoms with Crippen LogP contribution in [0, 0.1) is 24.2 Å². The van der Waals surface area contributed by atoms with Gasteiger partial charge in [-0.2, -0.15) is 5.26 Å². The van der Waals surface area contributed by atoms with Crippen molar-refractivity contribution in [2.24, 2.45) is 5.92 Å². The van der Waals surface area contributed by atoms with Crippen molar-refractivity contribution < 1.29 is 4.79 Å². The second kappa shape index (κ2) is 6.36. The monoisotopic (exact) mass is 334 g/mol. The average Bonchev–Trinajstić information content (AvgIpc) is 3.46. The van der Waals surface area contributed by atoms with Crippen LogP contribution in [0.1, 0.15) is 30.4 Å². The first-order valence-electron chi connectivity index (χ1n) is 9.01. The zero-order valence-electron chi connectivity index (χ0n) is 14.5. The Labute approximate surface area is 147 Å². The molecule has 5 nitrogen and oxygen atoms in total. The molecule has 5 heteroatoms. The molecule has 128 valence electrons. The summed E-state index contributed by atoms with van der Waals surface area (Å²) in [4.78, 5) is 21.3. The highest BCUT2D eigenvalue weighted by Gasteiger charge is 2.34. The van der Waals surface area contributed by atoms with E-state index in [1.165, 1.54) is 0 Å². The summed E-state index contributed by atoms with van der Waals surface area (Å²) in [5.74, 6) is 1.33. The van der Waals surface area contributed by atoms with Gasteiger partial charge in [-0.25, -0.2) is 4.98 Å². The van der Waals surface area contributed by atoms with Gasteiger partial charge in [0.2, 0.25) is 5.91 Å². The normalized spacial score (nSPS) is 18.1. The van der Waals surface area contributed by atoms with Crippen LogP contribution in [-0.2, 0) is 4.79 Å². The Morgan fingerprint density at radius 3 is 2.80 bits per heavy atom. The summed E-state index contributed by atoms with van der Waals surface area (Å²) in [6.45, 7) is 5.13. The Kier molecular flexibility index (Phi) is 4.04. The molecule has 0 N–H and O–H groups in total. The summed E-state index contributed by atoms with van der Waals surface area (Å²) >= 11 is 0. The van der Waals surface area contributed by atoms with Crippen LogP contribution >= 0.6 is 0 Å². The molecule has 0 radical (unpaired) electrons. The molecule has 1 saturated heterocycles. The summed E-state index contributed by atoms with van der Waals surface area (Å²) in [6.07, 6.45) is 3.00. The van der Waals surface area contributed by atoms with Gasteiger partial charge in [-0.15, -0.1) is 0 Å². The molecule has 0 bridgehead atoms. The molecule has 25 heavy (non-hydrogen) atoms. The van der Waals surface area contributed by atoms with Crippen molar-refractivity contribution in [3.05, 3.63) is 35.4 Å². The van der Waals surface area contributed by atoms with Gasteiger partial charge in [0.1, 0.15) is 11.9 Å². The lowest BCUT2D eigenvalue weighted by Gasteiger charge is -2.24. The highest BCUT2D eigenvalue weighted by molar-refractivity contribution is 5.84. The van der Waals surface area contributed by atoms with Gasteiger partial charge in [-0.05, 0) is 43.9 Å². The molecule has 4 rings (SSSR count). The molecule has 0 unspecified atom stereocenters. The van der Waals surface area contributed by atoms with Gasteiger partial charge in [-0.1, -0.05) is 12.1 Å². The number of benzene rings is 1. The van der Waals surface area contributed by atoms with E-state index in [4.69, 9.17) is 4.98 Å². The number of amides is 1. The third-order valence-electron chi connectivity index (χ3n) is 5.11. The molecular formula is C20H22N4O. The Balaban J connectivity index is 1.62. The van der Waals surface area contributed by atoms with E-state index in [0.29, 0.717) is 18.0 Å². The van der Waals surface area contributed by atoms with E-state index < -0.39 is 0 Å². The maximum Gasteiger partial charge on any atom is 0.225 e. The van der Waals surface area contributed by atoms with Crippen molar-refractivity contribution >= 4 is 22.6 Å². The van der Waals surface area contributed by atoms with E-state index in [9.17, 15) is 10.1 Å². The Bertz CT molecular complexity index is 866. The molecule has 2 fully saturated rings. The number of rotatable bonds is 2. The number of fused-ring (bicyclic) bond motifs is 1. The lowest BCUT2D eigenvalue weighted by molar-refractivity contribution is -0.132. The second-order valence-corrected chi connectivity index (χ2v) is 7.11. The number of hydrogen-bond acceptors (Lipinski definition) is 4. The maximum absolute atomic E-state index is 12.3. The minimum Gasteiger partial charge on any atom is -0.354 e. The molecule has 2 aliphatic rings. The first-order valence-corrected chi connectivity index (χ1v) is 9.01. The summed E-state index contributed by atoms with van der Waals surface area (Å²) in [5.41, 5.74) is 2.69. The lowest BCUT2D eigenvalue weighted by Crippen LogP contribution is -2.36. The number of anilines is 1. The number of nitriles is 1. The van der Waals surface area contributed by atoms with Crippen LogP contribution in [0.5, 0.6) is 0 Å². The van der Waals surface area contributed by atoms with Crippen molar-refractivity contribution in [3.63, 3.8) is 0 Å². The molecule has 1 aromatic heterocycles. The fourth-order valence-corrected chi connectivity index (χ4v) is 3.53. The number of hydrogen-bond donors (Lipinski definition) is 0. The van der Waals surface area contributed by atoms with Crippen molar-refractivity contribution in [1.82, 2.24) is 9.88 Å². The quantitative estimate of drug-likeness (QED) is 0.847. The van der Waals surface area contributed by atoms with Crippen molar-refractivity contribution in [1.29, 1.82) is 5.26 Å². The van der Waals surface area contributed by atoms with Gasteiger partial charge < -0.3 is 9.80 Å². The van der Waals surface area contributed by atoms with E-state index in [1.54, 1.807) is 0 Å². The van der Waals surface area contributed by atoms with Gasteiger partial charge in [0.25, 0.3) is 0 Å². The smallest absolute Gasteiger partial charge is 0.225 e. The van der Waals surface area contributed by atoms with Crippen LogP contribution < -0.4 is 4.90 Å². The third kappa shape index (κ3) is 3.17. The first-order chi connectivity index (χ1) is 12.2. The average molecular weight is 334 g/mol. The predicted octanol–water partition coefficient (Wildman–Crippen LogP) is 2.86. The standard InChI is InChI=1S/C20H22N4O/c1-14-3-4-16-12-17(13-21)19(22-18(16)11-14)23-7-2-8-24(10-9-23)20(25)15-5-6-15/h3-4,11-12,15H,2,5-10H2,1H3. The topological polar surface area (TPSA) is 60.2 Å². The van der Waals surface area contributed by atoms with E-state index in [1.807, 2.05) is 30.0 Å². The summed E-state index contributed by atoms with van der Waals surface area (Å²) in [7, 11) is 0. The van der Waals surface area contributed by atoms with Gasteiger partial charge >= 0.3 is 0 Å². The van der Waals surface area contributed by atoms with E-state index >= 15 is 0 Å². The molecule has 1 amide bonds. The van der Waals surface area contributed by atoms with Crippen LogP contribution in [0.3, 0.4) is 0 Å². The molecule has 2 heterocycles. The Morgan fingerprint density at radius 2 is 2.04 bits per heavy atom. The number of carbonyl (C=O) groups excluding carboxylic acids is 1. The molecule has 1 saturated carbocycles. The third-order valence-corrected chi connectivity index (χ3v) is 5.11. The van der Waals surface area contributed by atoms with E-state index in [-0.39, 0.29) is 5.92 Å². The minimum absolute atomic E-state index is 0.267. The fraction of sp³-hybridized carbons (Fsp3) is 0.450. The van der Waals surface area contributed by atoms with Crippen LogP contribution in [0.2, 0.25) is 0 Å². The minimum atomic E-state index is 0.267. The van der Waals surface area contributed by atoms with Crippen LogP contribution in [0.25, 0.3) is 10.9 Å². The molecule has 1 aliphatic carbocycles. The summed E-state index contributed by atoms with van der Waals surface area (Å²) in [6, 6.07) is 10.3. The maximum atomic E-state index is 12.3. The van der Waals surface area contributed by atoms with Crippen molar-refractivity contribution in [3.8, 4) is 6.07 Å². The van der Waals surface area contributed by atoms with Crippen LogP contribution in [-0.4, -0.2) is 42.0 Å². The van der Waals surface area contributed by atoms with Crippen molar-refractivity contribution in [2.75, 3.05) is 31.1 Å². The molecule has 1 aromatic carbocycles. The van der Waals surface area contributed by atoms with E-state index in [0.717, 1.165) is 61.2 Å². The van der Waals surface area contributed by atoms with Gasteiger partial charge in [0.15, 0.2) is 0 Å². The summed E-state index contributed by atoms with van der Waals surface area (Å²) in [5, 5.41) is 10.6. The highest BCUT2D eigenvalue weighted by atomic mass is 16.2. The zero-order valence-corrected chi connectivity index (χ0v) is 14.5. The van der Waals surface area contributed by atoms with Crippen LogP contribution in [0.4, 0.5) is 5.82 Å². The Hall–Kier alpha value is -2.61. The molecule has 1 aliphatic heterocycles. The number of pyridine rings is 1. The molecule has 0 spiro atoms. The first kappa shape index (κ1) is 15.9. The SMILES string of the molecule is Cc1ccc2cc(C#N)c(N3CCCN(C(=O)C4CC4)CC3)nc2c1. The van der Waals surface area contributed by atoms with Gasteiger partial charge in [-0.3, -0.25) is 4.79 Å². The molecule has 2 aromatic rings. The molecule has 0 atom stereocenters. The van der Waals surface area contributed by atoms with Crippen molar-refractivity contribution in [2.45, 2.75) is 26.2 Å². The summed E-state index contributed by atoms with van der Waals surface area (Å²) < 4.78 is 0. The second-order valence-electron chi connectivity index (χ2n) is 7.11. The predicted molar refractivity (Wildman–Crippen MR) is 97.3 cm³/mol. The fourth-order valence-electron chi connectivity index (χ4n) is 3.53. The van der Waals surface area contributed by atoms with Gasteiger partial charge in [0, 0.05) is 37.5 Å². The molecular weight excluding hydrogens is 312 g/mol. The zero-order chi connectivity index (χ0) is 17.4. The Morgan fingerprint density at radius 1 is 1.20 bits per heavy atom. The number of carbonyl (C=O) groups is 1. The number of aryl methyl sites for hydroxylation is 1. The van der Waals surface area contributed by atoms with Crippen LogP contribution in [0.15, 0.2) is 24.3 Å². The number of nitrogens with zero attached hydrogens (tertiary/aromatic N) is 4. The van der Waals surface area contributed by atoms with E-state index in [2.05, 4.69) is 17.0 Å². The lowest BCUT2D eigenvalue weighted by atomic mass is 10.1. The largest absolute Gasteiger partial charge is 0.354 e. The highest BCUT2D eigenvalue weighted by Crippen LogP contribution is 2.31. The van der Waals surface area contributed by atoms with Gasteiger partial charge in [0.05, 0.1) is 11.1 Å². The number of aromatic nitrogens is 1.